The third-order valence-electron chi connectivity index (χ3n) is 3.78. The van der Waals surface area contributed by atoms with Crippen molar-refractivity contribution in [1.82, 2.24) is 0 Å². The van der Waals surface area contributed by atoms with Crippen LogP contribution in [0.25, 0.3) is 0 Å². The van der Waals surface area contributed by atoms with Gasteiger partial charge in [0.2, 0.25) is 0 Å². The molecule has 2 rings (SSSR count). The van der Waals surface area contributed by atoms with Crippen molar-refractivity contribution in [3.05, 3.63) is 33.3 Å². The second-order valence-electron chi connectivity index (χ2n) is 4.91. The number of hydrogen-bond donors (Lipinski definition) is 2. The Morgan fingerprint density at radius 2 is 2.16 bits per heavy atom. The number of nitrogens with one attached hydrogen (secondary N) is 1. The Balaban J connectivity index is 2.07. The summed E-state index contributed by atoms with van der Waals surface area (Å²) < 4.78 is 0. The van der Waals surface area contributed by atoms with E-state index < -0.39 is 4.92 Å². The number of aliphatic hydroxyl groups is 1. The second-order valence-corrected chi connectivity index (χ2v) is 5.31. The molecule has 0 saturated heterocycles. The Morgan fingerprint density at radius 3 is 2.84 bits per heavy atom. The van der Waals surface area contributed by atoms with Gasteiger partial charge in [0.1, 0.15) is 10.7 Å². The van der Waals surface area contributed by atoms with Crippen LogP contribution >= 0.6 is 11.6 Å². The summed E-state index contributed by atoms with van der Waals surface area (Å²) in [5.41, 5.74) is 0.365. The lowest BCUT2D eigenvalue weighted by Crippen LogP contribution is -2.21. The average Bonchev–Trinajstić information content (AvgIpc) is 2.83. The summed E-state index contributed by atoms with van der Waals surface area (Å²) in [6.07, 6.45) is 3.18. The number of rotatable bonds is 5. The highest BCUT2D eigenvalue weighted by atomic mass is 35.5. The van der Waals surface area contributed by atoms with Crippen LogP contribution in [0.3, 0.4) is 0 Å². The molecule has 2 N–H and O–H groups in total. The molecule has 19 heavy (non-hydrogen) atoms. The highest BCUT2D eigenvalue weighted by Gasteiger charge is 2.27. The molecule has 2 atom stereocenters. The van der Waals surface area contributed by atoms with Crippen LogP contribution in [-0.2, 0) is 0 Å². The maximum Gasteiger partial charge on any atom is 0.310 e. The molecule has 0 aliphatic heterocycles. The Hall–Kier alpha value is -1.33. The molecule has 1 aliphatic carbocycles. The van der Waals surface area contributed by atoms with Crippen LogP contribution in [-0.4, -0.2) is 23.2 Å². The van der Waals surface area contributed by atoms with Crippen molar-refractivity contribution >= 4 is 23.0 Å². The fraction of sp³-hybridized carbons (Fsp3) is 0.538. The van der Waals surface area contributed by atoms with Crippen molar-refractivity contribution in [3.8, 4) is 0 Å². The van der Waals surface area contributed by atoms with Crippen LogP contribution < -0.4 is 5.32 Å². The summed E-state index contributed by atoms with van der Waals surface area (Å²) in [6, 6.07) is 4.86. The van der Waals surface area contributed by atoms with Gasteiger partial charge in [-0.2, -0.15) is 0 Å². The van der Waals surface area contributed by atoms with Gasteiger partial charge in [0.15, 0.2) is 0 Å². The average molecular weight is 285 g/mol. The van der Waals surface area contributed by atoms with E-state index in [0.29, 0.717) is 24.1 Å². The summed E-state index contributed by atoms with van der Waals surface area (Å²) >= 11 is 5.85. The predicted molar refractivity (Wildman–Crippen MR) is 74.5 cm³/mol. The number of anilines is 1. The van der Waals surface area contributed by atoms with E-state index >= 15 is 0 Å². The topological polar surface area (TPSA) is 75.4 Å². The zero-order valence-corrected chi connectivity index (χ0v) is 11.3. The first-order valence-electron chi connectivity index (χ1n) is 6.41. The molecule has 0 spiro atoms. The molecular formula is C13H17ClN2O3. The molecule has 0 bridgehead atoms. The number of nitrogens with zero attached hydrogens (tertiary/aromatic N) is 1. The maximum absolute atomic E-state index is 11.0. The van der Waals surface area contributed by atoms with Gasteiger partial charge in [-0.3, -0.25) is 10.1 Å². The predicted octanol–water partition coefficient (Wildman–Crippen LogP) is 3.07. The highest BCUT2D eigenvalue weighted by Crippen LogP contribution is 2.35. The molecule has 6 heteroatoms. The first-order chi connectivity index (χ1) is 9.13. The van der Waals surface area contributed by atoms with Crippen molar-refractivity contribution in [1.29, 1.82) is 0 Å². The summed E-state index contributed by atoms with van der Waals surface area (Å²) in [4.78, 5) is 10.5. The van der Waals surface area contributed by atoms with E-state index in [2.05, 4.69) is 5.32 Å². The van der Waals surface area contributed by atoms with Gasteiger partial charge in [-0.15, -0.1) is 0 Å². The van der Waals surface area contributed by atoms with Crippen molar-refractivity contribution in [2.45, 2.75) is 19.3 Å². The van der Waals surface area contributed by atoms with E-state index in [9.17, 15) is 15.2 Å². The highest BCUT2D eigenvalue weighted by molar-refractivity contribution is 6.33. The van der Waals surface area contributed by atoms with E-state index in [1.165, 1.54) is 6.07 Å². The Labute approximate surface area is 116 Å². The number of para-hydroxylation sites is 1. The van der Waals surface area contributed by atoms with Crippen molar-refractivity contribution in [2.24, 2.45) is 11.8 Å². The summed E-state index contributed by atoms with van der Waals surface area (Å²) in [5, 5.41) is 23.5. The quantitative estimate of drug-likeness (QED) is 0.643. The molecule has 1 fully saturated rings. The zero-order valence-electron chi connectivity index (χ0n) is 10.5. The van der Waals surface area contributed by atoms with Crippen molar-refractivity contribution < 1.29 is 10.0 Å². The van der Waals surface area contributed by atoms with E-state index in [1.807, 2.05) is 0 Å². The van der Waals surface area contributed by atoms with Crippen LogP contribution in [0.2, 0.25) is 5.02 Å². The number of halogens is 1. The third kappa shape index (κ3) is 3.16. The lowest BCUT2D eigenvalue weighted by atomic mass is 9.97. The fourth-order valence-electron chi connectivity index (χ4n) is 2.71. The van der Waals surface area contributed by atoms with Crippen LogP contribution in [0.15, 0.2) is 18.2 Å². The van der Waals surface area contributed by atoms with Crippen molar-refractivity contribution in [2.75, 3.05) is 18.5 Å². The van der Waals surface area contributed by atoms with E-state index in [0.717, 1.165) is 19.3 Å². The molecule has 104 valence electrons. The van der Waals surface area contributed by atoms with Crippen LogP contribution in [0.5, 0.6) is 0 Å². The molecule has 1 aromatic rings. The van der Waals surface area contributed by atoms with Gasteiger partial charge >= 0.3 is 5.69 Å². The summed E-state index contributed by atoms with van der Waals surface area (Å²) in [7, 11) is 0. The van der Waals surface area contributed by atoms with Gasteiger partial charge in [0.25, 0.3) is 0 Å². The first-order valence-corrected chi connectivity index (χ1v) is 6.79. The maximum atomic E-state index is 11.0. The molecule has 2 unspecified atom stereocenters. The van der Waals surface area contributed by atoms with Gasteiger partial charge < -0.3 is 10.4 Å². The number of hydrogen-bond acceptors (Lipinski definition) is 4. The van der Waals surface area contributed by atoms with E-state index in [1.54, 1.807) is 12.1 Å². The van der Waals surface area contributed by atoms with E-state index in [-0.39, 0.29) is 17.3 Å². The molecule has 5 nitrogen and oxygen atoms in total. The molecule has 0 heterocycles. The molecule has 0 radical (unpaired) electrons. The SMILES string of the molecule is O=[N+]([O-])c1c(Cl)cccc1NCC1CCCC1CO. The van der Waals surface area contributed by atoms with Crippen LogP contribution in [0.1, 0.15) is 19.3 Å². The molecule has 1 saturated carbocycles. The van der Waals surface area contributed by atoms with Gasteiger partial charge in [-0.1, -0.05) is 24.1 Å². The van der Waals surface area contributed by atoms with Gasteiger partial charge in [0, 0.05) is 13.2 Å². The molecule has 0 amide bonds. The summed E-state index contributed by atoms with van der Waals surface area (Å²) in [5.74, 6) is 0.661. The third-order valence-corrected chi connectivity index (χ3v) is 4.08. The second kappa shape index (κ2) is 6.21. The zero-order chi connectivity index (χ0) is 13.8. The van der Waals surface area contributed by atoms with Gasteiger partial charge in [-0.05, 0) is 36.8 Å². The number of benzene rings is 1. The molecule has 1 aromatic carbocycles. The Morgan fingerprint density at radius 1 is 1.42 bits per heavy atom. The normalized spacial score (nSPS) is 22.4. The fourth-order valence-corrected chi connectivity index (χ4v) is 2.95. The standard InChI is InChI=1S/C13H17ClN2O3/c14-11-5-2-6-12(13(11)16(18)19)15-7-9-3-1-4-10(9)8-17/h2,5-6,9-10,15,17H,1,3-4,7-8H2. The lowest BCUT2D eigenvalue weighted by Gasteiger charge is -2.18. The van der Waals surface area contributed by atoms with Crippen LogP contribution in [0, 0.1) is 22.0 Å². The summed E-state index contributed by atoms with van der Waals surface area (Å²) in [6.45, 7) is 0.816. The molecular weight excluding hydrogens is 268 g/mol. The minimum Gasteiger partial charge on any atom is -0.396 e. The van der Waals surface area contributed by atoms with Crippen LogP contribution in [0.4, 0.5) is 11.4 Å². The van der Waals surface area contributed by atoms with Gasteiger partial charge in [-0.25, -0.2) is 0 Å². The number of aliphatic hydroxyl groups excluding tert-OH is 1. The monoisotopic (exact) mass is 284 g/mol. The molecule has 1 aliphatic rings. The largest absolute Gasteiger partial charge is 0.396 e. The smallest absolute Gasteiger partial charge is 0.310 e. The molecule has 0 aromatic heterocycles. The number of nitro benzene ring substituents is 1. The lowest BCUT2D eigenvalue weighted by molar-refractivity contribution is -0.383. The first kappa shape index (κ1) is 14.1. The minimum atomic E-state index is -0.469. The minimum absolute atomic E-state index is 0.0808. The van der Waals surface area contributed by atoms with Gasteiger partial charge in [0.05, 0.1) is 4.92 Å². The van der Waals surface area contributed by atoms with E-state index in [4.69, 9.17) is 11.6 Å². The Kier molecular flexibility index (Phi) is 4.61. The Bertz CT molecular complexity index is 467. The van der Waals surface area contributed by atoms with Crippen molar-refractivity contribution in [3.63, 3.8) is 0 Å². The number of nitro groups is 1.